The summed E-state index contributed by atoms with van der Waals surface area (Å²) < 4.78 is 0. The van der Waals surface area contributed by atoms with E-state index in [2.05, 4.69) is 62.5 Å². The molecule has 0 aliphatic heterocycles. The van der Waals surface area contributed by atoms with Gasteiger partial charge in [-0.3, -0.25) is 0 Å². The van der Waals surface area contributed by atoms with Gasteiger partial charge in [0.2, 0.25) is 0 Å². The van der Waals surface area contributed by atoms with Gasteiger partial charge in [-0.15, -0.1) is 0 Å². The van der Waals surface area contributed by atoms with Crippen molar-refractivity contribution in [2.75, 3.05) is 0 Å². The molecular formula is C28H50. The van der Waals surface area contributed by atoms with Crippen molar-refractivity contribution in [1.82, 2.24) is 0 Å². The Kier molecular flexibility index (Phi) is 25.0. The highest BCUT2D eigenvalue weighted by molar-refractivity contribution is 4.83. The zero-order valence-electron chi connectivity index (χ0n) is 19.3. The molecule has 0 N–H and O–H groups in total. The highest BCUT2D eigenvalue weighted by Gasteiger charge is 1.90. The largest absolute Gasteiger partial charge is 0.0917 e. The van der Waals surface area contributed by atoms with Crippen LogP contribution in [0.2, 0.25) is 0 Å². The summed E-state index contributed by atoms with van der Waals surface area (Å²) in [5.41, 5.74) is 0. The summed E-state index contributed by atoms with van der Waals surface area (Å²) in [6.07, 6.45) is 42.8. The van der Waals surface area contributed by atoms with Crippen LogP contribution in [-0.4, -0.2) is 0 Å². The average molecular weight is 387 g/mol. The van der Waals surface area contributed by atoms with Gasteiger partial charge in [-0.2, -0.15) is 0 Å². The van der Waals surface area contributed by atoms with Gasteiger partial charge < -0.3 is 0 Å². The van der Waals surface area contributed by atoms with Crippen LogP contribution in [0, 0.1) is 0 Å². The van der Waals surface area contributed by atoms with E-state index in [4.69, 9.17) is 0 Å². The minimum Gasteiger partial charge on any atom is -0.0917 e. The molecule has 0 saturated heterocycles. The van der Waals surface area contributed by atoms with Crippen molar-refractivity contribution < 1.29 is 0 Å². The first-order valence-corrected chi connectivity index (χ1v) is 12.4. The van der Waals surface area contributed by atoms with E-state index in [0.717, 1.165) is 0 Å². The molecule has 0 aromatic rings. The molecule has 0 amide bonds. The molecule has 28 heavy (non-hydrogen) atoms. The third kappa shape index (κ3) is 25.0. The van der Waals surface area contributed by atoms with Crippen LogP contribution in [0.3, 0.4) is 0 Å². The predicted molar refractivity (Wildman–Crippen MR) is 131 cm³/mol. The summed E-state index contributed by atoms with van der Waals surface area (Å²) in [5, 5.41) is 0. The average Bonchev–Trinajstić information content (AvgIpc) is 2.71. The molecule has 0 spiro atoms. The Morgan fingerprint density at radius 1 is 0.286 bits per heavy atom. The number of allylic oxidation sites excluding steroid dienone is 8. The Balaban J connectivity index is 3.16. The Bertz CT molecular complexity index is 345. The van der Waals surface area contributed by atoms with Crippen molar-refractivity contribution in [1.29, 1.82) is 0 Å². The van der Waals surface area contributed by atoms with Gasteiger partial charge in [0.25, 0.3) is 0 Å². The molecule has 0 nitrogen and oxygen atoms in total. The van der Waals surface area contributed by atoms with Gasteiger partial charge in [0.15, 0.2) is 0 Å². The lowest BCUT2D eigenvalue weighted by atomic mass is 10.1. The molecule has 0 atom stereocenters. The molecule has 0 heterocycles. The summed E-state index contributed by atoms with van der Waals surface area (Å²) in [4.78, 5) is 0. The monoisotopic (exact) mass is 386 g/mol. The molecule has 0 saturated carbocycles. The first kappa shape index (κ1) is 27.0. The van der Waals surface area contributed by atoms with Crippen molar-refractivity contribution in [2.24, 2.45) is 0 Å². The highest BCUT2D eigenvalue weighted by Crippen LogP contribution is 2.10. The zero-order valence-corrected chi connectivity index (χ0v) is 19.3. The third-order valence-corrected chi connectivity index (χ3v) is 5.28. The van der Waals surface area contributed by atoms with E-state index < -0.39 is 0 Å². The SMILES string of the molecule is C/C=C/CCCCCC/C=C/CCCCCC/C=C/CCCCCC/C=C/C. The van der Waals surface area contributed by atoms with Gasteiger partial charge in [0, 0.05) is 0 Å². The van der Waals surface area contributed by atoms with Crippen molar-refractivity contribution in [3.05, 3.63) is 48.6 Å². The van der Waals surface area contributed by atoms with Crippen LogP contribution < -0.4 is 0 Å². The predicted octanol–water partition coefficient (Wildman–Crippen LogP) is 10.3. The molecular weight excluding hydrogens is 336 g/mol. The number of hydrogen-bond acceptors (Lipinski definition) is 0. The van der Waals surface area contributed by atoms with E-state index >= 15 is 0 Å². The highest BCUT2D eigenvalue weighted by atomic mass is 14.0. The fourth-order valence-corrected chi connectivity index (χ4v) is 3.44. The first-order chi connectivity index (χ1) is 13.9. The molecule has 0 rings (SSSR count). The lowest BCUT2D eigenvalue weighted by molar-refractivity contribution is 0.642. The molecule has 0 aliphatic rings. The molecule has 0 aliphatic carbocycles. The first-order valence-electron chi connectivity index (χ1n) is 12.4. The van der Waals surface area contributed by atoms with E-state index in [1.807, 2.05) is 0 Å². The molecule has 0 fully saturated rings. The third-order valence-electron chi connectivity index (χ3n) is 5.28. The minimum atomic E-state index is 1.26. The van der Waals surface area contributed by atoms with Crippen LogP contribution in [0.5, 0.6) is 0 Å². The summed E-state index contributed by atoms with van der Waals surface area (Å²) in [6.45, 7) is 4.22. The van der Waals surface area contributed by atoms with E-state index in [1.165, 1.54) is 116 Å². The maximum Gasteiger partial charge on any atom is -0.0351 e. The van der Waals surface area contributed by atoms with Crippen molar-refractivity contribution in [3.8, 4) is 0 Å². The Morgan fingerprint density at radius 2 is 0.500 bits per heavy atom. The standard InChI is InChI=1S/C28H50/c1-3-5-7-9-11-13-15-17-19-21-23-25-27-28-26-24-22-20-18-16-14-12-10-8-6-4-2/h3-6,19-22H,7-18,23-28H2,1-2H3/b5-3+,6-4+,21-19+,22-20+. The zero-order chi connectivity index (χ0) is 20.4. The molecule has 0 bridgehead atoms. The Hall–Kier alpha value is -1.04. The second kappa shape index (κ2) is 26.0. The van der Waals surface area contributed by atoms with Crippen molar-refractivity contribution in [3.63, 3.8) is 0 Å². The lowest BCUT2D eigenvalue weighted by Crippen LogP contribution is -1.79. The minimum absolute atomic E-state index is 1.26. The van der Waals surface area contributed by atoms with Crippen LogP contribution >= 0.6 is 0 Å². The van der Waals surface area contributed by atoms with Gasteiger partial charge in [0.1, 0.15) is 0 Å². The van der Waals surface area contributed by atoms with Gasteiger partial charge in [-0.05, 0) is 90.9 Å². The van der Waals surface area contributed by atoms with Gasteiger partial charge in [-0.25, -0.2) is 0 Å². The fourth-order valence-electron chi connectivity index (χ4n) is 3.44. The van der Waals surface area contributed by atoms with Crippen LogP contribution in [0.15, 0.2) is 48.6 Å². The van der Waals surface area contributed by atoms with Crippen molar-refractivity contribution >= 4 is 0 Å². The molecule has 162 valence electrons. The summed E-state index contributed by atoms with van der Waals surface area (Å²) in [5.74, 6) is 0. The Labute approximate surface area is 178 Å². The van der Waals surface area contributed by atoms with Gasteiger partial charge >= 0.3 is 0 Å². The molecule has 0 unspecified atom stereocenters. The molecule has 0 radical (unpaired) electrons. The van der Waals surface area contributed by atoms with Gasteiger partial charge in [0.05, 0.1) is 0 Å². The second-order valence-electron chi connectivity index (χ2n) is 8.06. The normalized spacial score (nSPS) is 12.5. The van der Waals surface area contributed by atoms with Crippen LogP contribution in [0.4, 0.5) is 0 Å². The van der Waals surface area contributed by atoms with E-state index in [1.54, 1.807) is 0 Å². The maximum atomic E-state index is 2.41. The smallest absolute Gasteiger partial charge is 0.0351 e. The van der Waals surface area contributed by atoms with Crippen LogP contribution in [0.1, 0.15) is 129 Å². The summed E-state index contributed by atoms with van der Waals surface area (Å²) >= 11 is 0. The molecule has 0 heteroatoms. The molecule has 0 aromatic heterocycles. The van der Waals surface area contributed by atoms with E-state index in [-0.39, 0.29) is 0 Å². The molecule has 0 aromatic carbocycles. The van der Waals surface area contributed by atoms with Crippen molar-refractivity contribution in [2.45, 2.75) is 129 Å². The number of unbranched alkanes of at least 4 members (excludes halogenated alkanes) is 15. The fraction of sp³-hybridized carbons (Fsp3) is 0.714. The van der Waals surface area contributed by atoms with Gasteiger partial charge in [-0.1, -0.05) is 87.1 Å². The lowest BCUT2D eigenvalue weighted by Gasteiger charge is -1.99. The second-order valence-corrected chi connectivity index (χ2v) is 8.06. The summed E-state index contributed by atoms with van der Waals surface area (Å²) in [7, 11) is 0. The van der Waals surface area contributed by atoms with Crippen LogP contribution in [-0.2, 0) is 0 Å². The Morgan fingerprint density at radius 3 is 0.714 bits per heavy atom. The maximum absolute atomic E-state index is 2.41. The quantitative estimate of drug-likeness (QED) is 0.136. The topological polar surface area (TPSA) is 0 Å². The number of hydrogen-bond donors (Lipinski definition) is 0. The number of rotatable bonds is 21. The summed E-state index contributed by atoms with van der Waals surface area (Å²) in [6, 6.07) is 0. The van der Waals surface area contributed by atoms with Crippen LogP contribution in [0.25, 0.3) is 0 Å². The van der Waals surface area contributed by atoms with E-state index in [9.17, 15) is 0 Å². The van der Waals surface area contributed by atoms with E-state index in [0.29, 0.717) is 0 Å².